The molecule has 1 atom stereocenters. The summed E-state index contributed by atoms with van der Waals surface area (Å²) in [5.74, 6) is 0.611. The molecule has 1 aliphatic carbocycles. The molecule has 1 fully saturated rings. The summed E-state index contributed by atoms with van der Waals surface area (Å²) >= 11 is 1.75. The number of aryl methyl sites for hydroxylation is 1. The van der Waals surface area contributed by atoms with Crippen molar-refractivity contribution < 1.29 is 9.90 Å². The molecule has 0 aromatic carbocycles. The molecule has 2 aromatic heterocycles. The average molecular weight is 345 g/mol. The number of rotatable bonds is 6. The first-order valence-electron chi connectivity index (χ1n) is 8.75. The first kappa shape index (κ1) is 15.8. The van der Waals surface area contributed by atoms with Crippen LogP contribution in [-0.4, -0.2) is 32.2 Å². The van der Waals surface area contributed by atoms with Gasteiger partial charge in [-0.1, -0.05) is 6.07 Å². The van der Waals surface area contributed by atoms with Crippen molar-refractivity contribution in [1.82, 2.24) is 14.7 Å². The van der Waals surface area contributed by atoms with Gasteiger partial charge in [-0.15, -0.1) is 11.3 Å². The van der Waals surface area contributed by atoms with E-state index in [0.717, 1.165) is 43.6 Å². The van der Waals surface area contributed by atoms with Gasteiger partial charge in [0.25, 0.3) is 0 Å². The van der Waals surface area contributed by atoms with Crippen LogP contribution in [-0.2, 0) is 24.3 Å². The van der Waals surface area contributed by atoms with Crippen LogP contribution < -0.4 is 0 Å². The second-order valence-corrected chi connectivity index (χ2v) is 7.85. The summed E-state index contributed by atoms with van der Waals surface area (Å²) < 4.78 is 1.95. The molecule has 3 heterocycles. The molecule has 0 unspecified atom stereocenters. The quantitative estimate of drug-likeness (QED) is 0.876. The Hall–Kier alpha value is -1.66. The van der Waals surface area contributed by atoms with Crippen LogP contribution in [0.15, 0.2) is 23.6 Å². The van der Waals surface area contributed by atoms with Crippen LogP contribution in [0.25, 0.3) is 0 Å². The molecule has 24 heavy (non-hydrogen) atoms. The predicted molar refractivity (Wildman–Crippen MR) is 92.6 cm³/mol. The molecule has 0 spiro atoms. The lowest BCUT2D eigenvalue weighted by Gasteiger charge is -2.27. The molecule has 1 N–H and O–H groups in total. The van der Waals surface area contributed by atoms with Gasteiger partial charge in [-0.05, 0) is 49.1 Å². The molecule has 2 aromatic rings. The minimum Gasteiger partial charge on any atom is -0.386 e. The maximum atomic E-state index is 12.4. The van der Waals surface area contributed by atoms with E-state index >= 15 is 0 Å². The van der Waals surface area contributed by atoms with E-state index in [1.54, 1.807) is 11.3 Å². The molecule has 1 aliphatic heterocycles. The zero-order valence-electron chi connectivity index (χ0n) is 13.7. The highest BCUT2D eigenvalue weighted by atomic mass is 32.1. The third-order valence-electron chi connectivity index (χ3n) is 4.93. The average Bonchev–Trinajstić information content (AvgIpc) is 3.14. The van der Waals surface area contributed by atoms with E-state index in [0.29, 0.717) is 25.4 Å². The van der Waals surface area contributed by atoms with Crippen LogP contribution in [0.3, 0.4) is 0 Å². The maximum Gasteiger partial charge on any atom is 0.222 e. The van der Waals surface area contributed by atoms with Crippen LogP contribution >= 0.6 is 11.3 Å². The van der Waals surface area contributed by atoms with E-state index in [2.05, 4.69) is 22.6 Å². The molecule has 0 radical (unpaired) electrons. The number of amides is 1. The van der Waals surface area contributed by atoms with Crippen LogP contribution in [0.5, 0.6) is 0 Å². The zero-order valence-corrected chi connectivity index (χ0v) is 14.5. The van der Waals surface area contributed by atoms with Gasteiger partial charge in [-0.3, -0.25) is 9.48 Å². The second kappa shape index (κ2) is 6.69. The number of carbonyl (C=O) groups is 1. The Morgan fingerprint density at radius 3 is 3.04 bits per heavy atom. The number of hydrogen-bond acceptors (Lipinski definition) is 4. The SMILES string of the molecule is O=C(CCCc1cccs1)N1CCn2nc([C@H](O)C3CC3)cc2C1. The first-order valence-corrected chi connectivity index (χ1v) is 9.63. The van der Waals surface area contributed by atoms with E-state index in [1.807, 2.05) is 15.6 Å². The number of fused-ring (bicyclic) bond motifs is 1. The van der Waals surface area contributed by atoms with Crippen molar-refractivity contribution in [3.05, 3.63) is 39.8 Å². The van der Waals surface area contributed by atoms with E-state index in [-0.39, 0.29) is 5.91 Å². The number of carbonyl (C=O) groups excluding carboxylic acids is 1. The molecule has 1 amide bonds. The van der Waals surface area contributed by atoms with Gasteiger partial charge in [0, 0.05) is 17.8 Å². The van der Waals surface area contributed by atoms with Crippen molar-refractivity contribution in [2.45, 2.75) is 51.3 Å². The van der Waals surface area contributed by atoms with Gasteiger partial charge >= 0.3 is 0 Å². The fraction of sp³-hybridized carbons (Fsp3) is 0.556. The minimum atomic E-state index is -0.432. The summed E-state index contributed by atoms with van der Waals surface area (Å²) in [4.78, 5) is 15.7. The Labute approximate surface area is 145 Å². The molecule has 128 valence electrons. The van der Waals surface area contributed by atoms with E-state index in [9.17, 15) is 9.90 Å². The fourth-order valence-electron chi connectivity index (χ4n) is 3.33. The van der Waals surface area contributed by atoms with E-state index in [1.165, 1.54) is 4.88 Å². The van der Waals surface area contributed by atoms with Crippen molar-refractivity contribution in [3.63, 3.8) is 0 Å². The largest absolute Gasteiger partial charge is 0.386 e. The van der Waals surface area contributed by atoms with Crippen molar-refractivity contribution in [2.24, 2.45) is 5.92 Å². The second-order valence-electron chi connectivity index (χ2n) is 6.81. The molecule has 0 bridgehead atoms. The fourth-order valence-corrected chi connectivity index (χ4v) is 4.08. The summed E-state index contributed by atoms with van der Waals surface area (Å²) in [5, 5.41) is 16.8. The Balaban J connectivity index is 1.32. The monoisotopic (exact) mass is 345 g/mol. The molecule has 0 saturated heterocycles. The summed E-state index contributed by atoms with van der Waals surface area (Å²) in [6.07, 6.45) is 4.24. The lowest BCUT2D eigenvalue weighted by Crippen LogP contribution is -2.38. The number of hydrogen-bond donors (Lipinski definition) is 1. The Bertz CT molecular complexity index is 706. The van der Waals surface area contributed by atoms with Gasteiger partial charge in [0.05, 0.1) is 24.5 Å². The molecule has 5 nitrogen and oxygen atoms in total. The summed E-state index contributed by atoms with van der Waals surface area (Å²) in [5.41, 5.74) is 1.82. The lowest BCUT2D eigenvalue weighted by atomic mass is 10.1. The highest BCUT2D eigenvalue weighted by molar-refractivity contribution is 7.09. The number of aliphatic hydroxyl groups is 1. The molecule has 4 rings (SSSR count). The predicted octanol–water partition coefficient (Wildman–Crippen LogP) is 2.75. The van der Waals surface area contributed by atoms with Gasteiger partial charge in [0.1, 0.15) is 6.10 Å². The van der Waals surface area contributed by atoms with Crippen LogP contribution in [0.1, 0.15) is 48.1 Å². The lowest BCUT2D eigenvalue weighted by molar-refractivity contribution is -0.132. The van der Waals surface area contributed by atoms with E-state index in [4.69, 9.17) is 0 Å². The smallest absolute Gasteiger partial charge is 0.222 e. The Morgan fingerprint density at radius 2 is 2.29 bits per heavy atom. The molecule has 1 saturated carbocycles. The minimum absolute atomic E-state index is 0.225. The van der Waals surface area contributed by atoms with Gasteiger partial charge in [-0.2, -0.15) is 5.10 Å². The van der Waals surface area contributed by atoms with Crippen LogP contribution in [0.2, 0.25) is 0 Å². The Morgan fingerprint density at radius 1 is 1.42 bits per heavy atom. The number of nitrogens with zero attached hydrogens (tertiary/aromatic N) is 3. The zero-order chi connectivity index (χ0) is 16.5. The summed E-state index contributed by atoms with van der Waals surface area (Å²) in [6.45, 7) is 2.05. The summed E-state index contributed by atoms with van der Waals surface area (Å²) in [7, 11) is 0. The molecular weight excluding hydrogens is 322 g/mol. The van der Waals surface area contributed by atoms with Crippen molar-refractivity contribution in [2.75, 3.05) is 6.54 Å². The number of aromatic nitrogens is 2. The Kier molecular flexibility index (Phi) is 4.41. The molecular formula is C18H23N3O2S. The highest BCUT2D eigenvalue weighted by Gasteiger charge is 2.33. The van der Waals surface area contributed by atoms with Crippen LogP contribution in [0, 0.1) is 5.92 Å². The van der Waals surface area contributed by atoms with Gasteiger partial charge in [0.2, 0.25) is 5.91 Å². The van der Waals surface area contributed by atoms with Gasteiger partial charge < -0.3 is 10.0 Å². The van der Waals surface area contributed by atoms with Crippen LogP contribution in [0.4, 0.5) is 0 Å². The van der Waals surface area contributed by atoms with Crippen molar-refractivity contribution in [3.8, 4) is 0 Å². The van der Waals surface area contributed by atoms with Crippen molar-refractivity contribution in [1.29, 1.82) is 0 Å². The summed E-state index contributed by atoms with van der Waals surface area (Å²) in [6, 6.07) is 6.16. The molecule has 6 heteroatoms. The topological polar surface area (TPSA) is 58.4 Å². The molecule has 2 aliphatic rings. The third-order valence-corrected chi connectivity index (χ3v) is 5.87. The van der Waals surface area contributed by atoms with Gasteiger partial charge in [-0.25, -0.2) is 0 Å². The third kappa shape index (κ3) is 3.39. The highest BCUT2D eigenvalue weighted by Crippen LogP contribution is 2.40. The normalized spacial score (nSPS) is 18.5. The maximum absolute atomic E-state index is 12.4. The van der Waals surface area contributed by atoms with Crippen molar-refractivity contribution >= 4 is 17.2 Å². The van der Waals surface area contributed by atoms with E-state index < -0.39 is 6.10 Å². The standard InChI is InChI=1S/C18H23N3O2S/c22-17(5-1-3-15-4-2-10-24-15)20-8-9-21-14(12-20)11-16(19-21)18(23)13-6-7-13/h2,4,10-11,13,18,23H,1,3,5-9,12H2/t18-/m1/s1. The first-order chi connectivity index (χ1) is 11.7. The number of aliphatic hydroxyl groups excluding tert-OH is 1. The van der Waals surface area contributed by atoms with Gasteiger partial charge in [0.15, 0.2) is 0 Å². The number of thiophene rings is 1.